The van der Waals surface area contributed by atoms with Gasteiger partial charge in [-0.05, 0) is 25.0 Å². The largest absolute Gasteiger partial charge is 0.282 e. The van der Waals surface area contributed by atoms with Crippen molar-refractivity contribution in [3.63, 3.8) is 0 Å². The molecule has 0 amide bonds. The molecule has 1 saturated heterocycles. The summed E-state index contributed by atoms with van der Waals surface area (Å²) in [6, 6.07) is 0. The number of carbonyl (C=O) groups excluding carboxylic acids is 2. The molecule has 2 atom stereocenters. The van der Waals surface area contributed by atoms with Crippen molar-refractivity contribution in [1.29, 1.82) is 0 Å². The Morgan fingerprint density at radius 1 is 0.944 bits per heavy atom. The molecule has 2 unspecified atom stereocenters. The highest BCUT2D eigenvalue weighted by Gasteiger charge is 2.26. The summed E-state index contributed by atoms with van der Waals surface area (Å²) in [4.78, 5) is 23.1. The van der Waals surface area contributed by atoms with Crippen LogP contribution in [0.3, 0.4) is 0 Å². The van der Waals surface area contributed by atoms with Crippen LogP contribution >= 0.6 is 47.0 Å². The summed E-state index contributed by atoms with van der Waals surface area (Å²) in [5, 5.41) is 0.134. The predicted octanol–water partition coefficient (Wildman–Crippen LogP) is 3.79. The third-order valence-corrected chi connectivity index (χ3v) is 8.36. The zero-order valence-electron chi connectivity index (χ0n) is 10.4. The van der Waals surface area contributed by atoms with Crippen LogP contribution in [0.2, 0.25) is 0 Å². The maximum Gasteiger partial charge on any atom is 0.215 e. The summed E-state index contributed by atoms with van der Waals surface area (Å²) in [5.41, 5.74) is 1.19. The van der Waals surface area contributed by atoms with Gasteiger partial charge in [-0.3, -0.25) is 9.59 Å². The van der Waals surface area contributed by atoms with E-state index in [2.05, 4.69) is 13.2 Å². The van der Waals surface area contributed by atoms with Crippen LogP contribution in [-0.4, -0.2) is 30.9 Å². The fraction of sp³-hybridized carbons (Fsp3) is 0.500. The maximum atomic E-state index is 11.5. The second kappa shape index (κ2) is 7.72. The van der Waals surface area contributed by atoms with E-state index in [4.69, 9.17) is 0 Å². The predicted molar refractivity (Wildman–Crippen MR) is 87.3 cm³/mol. The lowest BCUT2D eigenvalue weighted by atomic mass is 10.4. The van der Waals surface area contributed by atoms with E-state index in [0.29, 0.717) is 11.1 Å². The van der Waals surface area contributed by atoms with Crippen molar-refractivity contribution >= 4 is 57.3 Å². The van der Waals surface area contributed by atoms with Gasteiger partial charge < -0.3 is 0 Å². The van der Waals surface area contributed by atoms with Crippen LogP contribution in [-0.2, 0) is 9.59 Å². The van der Waals surface area contributed by atoms with Crippen molar-refractivity contribution < 1.29 is 9.59 Å². The number of carbonyl (C=O) groups is 2. The molecule has 0 aliphatic carbocycles. The molecular weight excluding hydrogens is 304 g/mol. The molecule has 0 bridgehead atoms. The highest BCUT2D eigenvalue weighted by Crippen LogP contribution is 2.41. The molecule has 1 rings (SSSR count). The van der Waals surface area contributed by atoms with Gasteiger partial charge in [0.2, 0.25) is 10.2 Å². The van der Waals surface area contributed by atoms with Crippen molar-refractivity contribution in [2.24, 2.45) is 0 Å². The molecular formula is C12H16O2S4. The Hall–Kier alpha value is 0.220. The molecule has 6 heteroatoms. The molecule has 0 aromatic carbocycles. The molecule has 0 radical (unpaired) electrons. The van der Waals surface area contributed by atoms with Crippen molar-refractivity contribution in [2.75, 3.05) is 11.5 Å². The lowest BCUT2D eigenvalue weighted by Crippen LogP contribution is -2.19. The molecule has 0 saturated carbocycles. The van der Waals surface area contributed by atoms with Crippen LogP contribution in [0.4, 0.5) is 0 Å². The van der Waals surface area contributed by atoms with Crippen LogP contribution in [0.5, 0.6) is 0 Å². The van der Waals surface area contributed by atoms with Gasteiger partial charge in [-0.1, -0.05) is 36.7 Å². The second-order valence-electron chi connectivity index (χ2n) is 3.90. The average Bonchev–Trinajstić information content (AvgIpc) is 2.31. The standard InChI is InChI=1S/C12H16O2S4/c1-7(2)11(13)17-9-5-16-10(6-15-9)18-12(14)8(3)4/h9-10H,1,3,5-6H2,2,4H3. The van der Waals surface area contributed by atoms with E-state index in [1.165, 1.54) is 23.5 Å². The molecule has 1 fully saturated rings. The molecule has 1 aliphatic heterocycles. The molecule has 2 nitrogen and oxygen atoms in total. The fourth-order valence-electron chi connectivity index (χ4n) is 1.04. The minimum absolute atomic E-state index is 0.0669. The summed E-state index contributed by atoms with van der Waals surface area (Å²) in [6.45, 7) is 10.8. The Morgan fingerprint density at radius 2 is 1.28 bits per heavy atom. The Balaban J connectivity index is 2.33. The van der Waals surface area contributed by atoms with Crippen LogP contribution in [0.15, 0.2) is 24.3 Å². The highest BCUT2D eigenvalue weighted by atomic mass is 32.2. The van der Waals surface area contributed by atoms with Crippen molar-refractivity contribution in [3.8, 4) is 0 Å². The minimum atomic E-state index is 0.0669. The van der Waals surface area contributed by atoms with Crippen molar-refractivity contribution in [2.45, 2.75) is 23.0 Å². The van der Waals surface area contributed by atoms with Crippen molar-refractivity contribution in [3.05, 3.63) is 24.3 Å². The van der Waals surface area contributed by atoms with Gasteiger partial charge in [-0.15, -0.1) is 23.5 Å². The van der Waals surface area contributed by atoms with Crippen molar-refractivity contribution in [1.82, 2.24) is 0 Å². The van der Waals surface area contributed by atoms with E-state index in [9.17, 15) is 9.59 Å². The first kappa shape index (κ1) is 16.3. The lowest BCUT2D eigenvalue weighted by Gasteiger charge is -2.25. The van der Waals surface area contributed by atoms with E-state index < -0.39 is 0 Å². The zero-order chi connectivity index (χ0) is 13.7. The van der Waals surface area contributed by atoms with E-state index in [1.54, 1.807) is 37.4 Å². The zero-order valence-corrected chi connectivity index (χ0v) is 13.7. The number of hydrogen-bond acceptors (Lipinski definition) is 6. The van der Waals surface area contributed by atoms with Crippen LogP contribution in [0, 0.1) is 0 Å². The molecule has 18 heavy (non-hydrogen) atoms. The molecule has 1 heterocycles. The van der Waals surface area contributed by atoms with Crippen LogP contribution in [0.1, 0.15) is 13.8 Å². The third kappa shape index (κ3) is 5.47. The van der Waals surface area contributed by atoms with Gasteiger partial charge in [-0.2, -0.15) is 0 Å². The molecule has 1 aliphatic rings. The molecule has 0 spiro atoms. The fourth-order valence-corrected chi connectivity index (χ4v) is 6.46. The number of rotatable bonds is 4. The first-order valence-corrected chi connectivity index (χ1v) is 9.22. The van der Waals surface area contributed by atoms with Gasteiger partial charge in [0.05, 0.1) is 9.16 Å². The van der Waals surface area contributed by atoms with E-state index in [1.807, 2.05) is 0 Å². The Kier molecular flexibility index (Phi) is 6.98. The number of thioether (sulfide) groups is 4. The first-order valence-electron chi connectivity index (χ1n) is 5.36. The molecule has 0 aromatic rings. The number of hydrogen-bond donors (Lipinski definition) is 0. The van der Waals surface area contributed by atoms with Crippen LogP contribution < -0.4 is 0 Å². The summed E-state index contributed by atoms with van der Waals surface area (Å²) in [5.74, 6) is 1.77. The summed E-state index contributed by atoms with van der Waals surface area (Å²) < 4.78 is 0.548. The van der Waals surface area contributed by atoms with Gasteiger partial charge in [0.15, 0.2) is 0 Å². The maximum absolute atomic E-state index is 11.5. The third-order valence-electron chi connectivity index (χ3n) is 2.01. The van der Waals surface area contributed by atoms with Gasteiger partial charge in [-0.25, -0.2) is 0 Å². The van der Waals surface area contributed by atoms with Gasteiger partial charge >= 0.3 is 0 Å². The van der Waals surface area contributed by atoms with E-state index in [0.717, 1.165) is 11.5 Å². The second-order valence-corrected chi connectivity index (χ2v) is 9.32. The summed E-state index contributed by atoms with van der Waals surface area (Å²) in [6.07, 6.45) is 0. The summed E-state index contributed by atoms with van der Waals surface area (Å²) >= 11 is 6.19. The molecule has 0 N–H and O–H groups in total. The smallest absolute Gasteiger partial charge is 0.215 e. The van der Waals surface area contributed by atoms with Gasteiger partial charge in [0, 0.05) is 11.5 Å². The Labute approximate surface area is 125 Å². The first-order chi connectivity index (χ1) is 8.40. The SMILES string of the molecule is C=C(C)C(=O)SC1CSC(SC(=O)C(=C)C)CS1. The molecule has 100 valence electrons. The average molecular weight is 321 g/mol. The summed E-state index contributed by atoms with van der Waals surface area (Å²) in [7, 11) is 0. The van der Waals surface area contributed by atoms with Gasteiger partial charge in [0.1, 0.15) is 0 Å². The topological polar surface area (TPSA) is 34.1 Å². The van der Waals surface area contributed by atoms with E-state index in [-0.39, 0.29) is 19.4 Å². The minimum Gasteiger partial charge on any atom is -0.282 e. The Bertz CT molecular complexity index is 334. The quantitative estimate of drug-likeness (QED) is 0.733. The van der Waals surface area contributed by atoms with E-state index >= 15 is 0 Å². The van der Waals surface area contributed by atoms with Gasteiger partial charge in [0.25, 0.3) is 0 Å². The Morgan fingerprint density at radius 3 is 1.50 bits per heavy atom. The monoisotopic (exact) mass is 320 g/mol. The lowest BCUT2D eigenvalue weighted by molar-refractivity contribution is -0.108. The normalized spacial score (nSPS) is 23.4. The van der Waals surface area contributed by atoms with Crippen LogP contribution in [0.25, 0.3) is 0 Å². The molecule has 0 aromatic heterocycles. The highest BCUT2D eigenvalue weighted by molar-refractivity contribution is 8.30.